The minimum Gasteiger partial charge on any atom is -0.352 e. The Labute approximate surface area is 130 Å². The summed E-state index contributed by atoms with van der Waals surface area (Å²) in [4.78, 5) is 17.1. The molecule has 0 saturated heterocycles. The van der Waals surface area contributed by atoms with Crippen LogP contribution in [0.4, 0.5) is 0 Å². The molecule has 0 atom stereocenters. The number of thioether (sulfide) groups is 1. The van der Waals surface area contributed by atoms with Crippen molar-refractivity contribution in [3.8, 4) is 0 Å². The van der Waals surface area contributed by atoms with Crippen molar-refractivity contribution in [3.63, 3.8) is 0 Å². The lowest BCUT2D eigenvalue weighted by atomic mass is 10.1. The lowest BCUT2D eigenvalue weighted by molar-refractivity contribution is -0.120. The third-order valence-corrected chi connectivity index (χ3v) is 3.91. The quantitative estimate of drug-likeness (QED) is 0.831. The number of benzene rings is 1. The summed E-state index contributed by atoms with van der Waals surface area (Å²) in [5, 5.41) is 3.49. The average Bonchev–Trinajstić information content (AvgIpc) is 2.48. The van der Waals surface area contributed by atoms with E-state index in [4.69, 9.17) is 0 Å². The van der Waals surface area contributed by atoms with E-state index in [0.29, 0.717) is 18.2 Å². The van der Waals surface area contributed by atoms with Crippen LogP contribution in [0.5, 0.6) is 0 Å². The van der Waals surface area contributed by atoms with Gasteiger partial charge in [0.05, 0.1) is 6.42 Å². The van der Waals surface area contributed by atoms with Crippen molar-refractivity contribution in [2.45, 2.75) is 37.0 Å². The summed E-state index contributed by atoms with van der Waals surface area (Å²) in [5.74, 6) is 0.0380. The van der Waals surface area contributed by atoms with Crippen LogP contribution in [-0.2, 0) is 17.8 Å². The summed E-state index contributed by atoms with van der Waals surface area (Å²) >= 11 is 1.83. The Morgan fingerprint density at radius 2 is 1.76 bits per heavy atom. The first-order valence-corrected chi connectivity index (χ1v) is 7.92. The third-order valence-electron chi connectivity index (χ3n) is 2.90. The van der Waals surface area contributed by atoms with Crippen molar-refractivity contribution in [1.29, 1.82) is 0 Å². The van der Waals surface area contributed by atoms with Gasteiger partial charge in [0.15, 0.2) is 0 Å². The van der Waals surface area contributed by atoms with Crippen LogP contribution in [0.15, 0.2) is 53.7 Å². The molecule has 0 aliphatic rings. The maximum absolute atomic E-state index is 11.9. The number of aromatic nitrogens is 1. The van der Waals surface area contributed by atoms with E-state index in [1.54, 1.807) is 12.4 Å². The van der Waals surface area contributed by atoms with Crippen molar-refractivity contribution < 1.29 is 4.79 Å². The smallest absolute Gasteiger partial charge is 0.224 e. The first kappa shape index (κ1) is 15.6. The summed E-state index contributed by atoms with van der Waals surface area (Å²) in [7, 11) is 0. The van der Waals surface area contributed by atoms with E-state index in [-0.39, 0.29) is 5.91 Å². The molecule has 0 radical (unpaired) electrons. The highest BCUT2D eigenvalue weighted by molar-refractivity contribution is 7.99. The van der Waals surface area contributed by atoms with E-state index in [9.17, 15) is 4.79 Å². The van der Waals surface area contributed by atoms with E-state index in [1.807, 2.05) is 36.0 Å². The molecular weight excluding hydrogens is 280 g/mol. The molecule has 2 aromatic rings. The molecule has 1 N–H and O–H groups in total. The predicted octanol–water partition coefficient (Wildman–Crippen LogP) is 3.44. The predicted molar refractivity (Wildman–Crippen MR) is 87.2 cm³/mol. The van der Waals surface area contributed by atoms with E-state index < -0.39 is 0 Å². The average molecular weight is 300 g/mol. The Morgan fingerprint density at radius 3 is 2.38 bits per heavy atom. The van der Waals surface area contributed by atoms with Gasteiger partial charge in [-0.15, -0.1) is 11.8 Å². The van der Waals surface area contributed by atoms with E-state index in [1.165, 1.54) is 4.90 Å². The maximum Gasteiger partial charge on any atom is 0.224 e. The van der Waals surface area contributed by atoms with Gasteiger partial charge in [0.1, 0.15) is 0 Å². The second kappa shape index (κ2) is 7.84. The minimum absolute atomic E-state index is 0.0380. The van der Waals surface area contributed by atoms with Gasteiger partial charge in [-0.3, -0.25) is 9.78 Å². The van der Waals surface area contributed by atoms with E-state index in [0.717, 1.165) is 11.1 Å². The molecule has 0 aliphatic heterocycles. The van der Waals surface area contributed by atoms with E-state index in [2.05, 4.69) is 36.3 Å². The largest absolute Gasteiger partial charge is 0.352 e. The van der Waals surface area contributed by atoms with Crippen molar-refractivity contribution in [3.05, 3.63) is 59.9 Å². The van der Waals surface area contributed by atoms with Crippen LogP contribution >= 0.6 is 11.8 Å². The molecule has 1 aromatic heterocycles. The second-order valence-corrected chi connectivity index (χ2v) is 6.77. The molecule has 0 fully saturated rings. The van der Waals surface area contributed by atoms with Crippen LogP contribution < -0.4 is 5.32 Å². The van der Waals surface area contributed by atoms with Crippen molar-refractivity contribution in [2.24, 2.45) is 0 Å². The number of hydrogen-bond acceptors (Lipinski definition) is 3. The summed E-state index contributed by atoms with van der Waals surface area (Å²) in [5.41, 5.74) is 2.09. The molecule has 0 bridgehead atoms. The Hall–Kier alpha value is -1.81. The SMILES string of the molecule is CC(C)Sc1ccc(CC(=O)NCc2ccncc2)cc1. The molecule has 1 amide bonds. The molecule has 3 nitrogen and oxygen atoms in total. The lowest BCUT2D eigenvalue weighted by Gasteiger charge is -2.07. The number of hydrogen-bond donors (Lipinski definition) is 1. The second-order valence-electron chi connectivity index (χ2n) is 5.12. The summed E-state index contributed by atoms with van der Waals surface area (Å²) in [6.45, 7) is 4.89. The molecule has 0 saturated carbocycles. The molecule has 1 heterocycles. The molecule has 0 spiro atoms. The van der Waals surface area contributed by atoms with Crippen molar-refractivity contribution in [1.82, 2.24) is 10.3 Å². The number of carbonyl (C=O) groups is 1. The highest BCUT2D eigenvalue weighted by atomic mass is 32.2. The van der Waals surface area contributed by atoms with Crippen LogP contribution in [0.2, 0.25) is 0 Å². The Bertz CT molecular complexity index is 567. The monoisotopic (exact) mass is 300 g/mol. The van der Waals surface area contributed by atoms with Gasteiger partial charge in [0.2, 0.25) is 5.91 Å². The molecule has 1 aromatic carbocycles. The van der Waals surface area contributed by atoms with Crippen LogP contribution in [-0.4, -0.2) is 16.1 Å². The fourth-order valence-corrected chi connectivity index (χ4v) is 2.74. The number of nitrogens with zero attached hydrogens (tertiary/aromatic N) is 1. The van der Waals surface area contributed by atoms with Gasteiger partial charge in [0.25, 0.3) is 0 Å². The molecule has 0 aliphatic carbocycles. The van der Waals surface area contributed by atoms with Crippen LogP contribution in [0.1, 0.15) is 25.0 Å². The zero-order valence-corrected chi connectivity index (χ0v) is 13.2. The van der Waals surface area contributed by atoms with Gasteiger partial charge in [-0.1, -0.05) is 26.0 Å². The highest BCUT2D eigenvalue weighted by Crippen LogP contribution is 2.22. The van der Waals surface area contributed by atoms with Gasteiger partial charge in [-0.2, -0.15) is 0 Å². The standard InChI is InChI=1S/C17H20N2OS/c1-13(2)21-16-5-3-14(4-6-16)11-17(20)19-12-15-7-9-18-10-8-15/h3-10,13H,11-12H2,1-2H3,(H,19,20). The fraction of sp³-hybridized carbons (Fsp3) is 0.294. The summed E-state index contributed by atoms with van der Waals surface area (Å²) in [6, 6.07) is 12.0. The lowest BCUT2D eigenvalue weighted by Crippen LogP contribution is -2.24. The normalized spacial score (nSPS) is 10.6. The van der Waals surface area contributed by atoms with Gasteiger partial charge >= 0.3 is 0 Å². The number of carbonyl (C=O) groups excluding carboxylic acids is 1. The first-order valence-electron chi connectivity index (χ1n) is 7.04. The van der Waals surface area contributed by atoms with Crippen molar-refractivity contribution in [2.75, 3.05) is 0 Å². The van der Waals surface area contributed by atoms with Gasteiger partial charge in [0, 0.05) is 29.1 Å². The number of pyridine rings is 1. The van der Waals surface area contributed by atoms with Gasteiger partial charge in [-0.05, 0) is 35.4 Å². The Balaban J connectivity index is 1.82. The molecular formula is C17H20N2OS. The number of rotatable bonds is 6. The van der Waals surface area contributed by atoms with Crippen LogP contribution in [0.3, 0.4) is 0 Å². The molecule has 2 rings (SSSR count). The zero-order valence-electron chi connectivity index (χ0n) is 12.4. The fourth-order valence-electron chi connectivity index (χ4n) is 1.91. The Morgan fingerprint density at radius 1 is 1.10 bits per heavy atom. The van der Waals surface area contributed by atoms with Gasteiger partial charge in [-0.25, -0.2) is 0 Å². The van der Waals surface area contributed by atoms with Crippen LogP contribution in [0.25, 0.3) is 0 Å². The number of amides is 1. The zero-order chi connectivity index (χ0) is 15.1. The van der Waals surface area contributed by atoms with E-state index >= 15 is 0 Å². The van der Waals surface area contributed by atoms with Crippen LogP contribution in [0, 0.1) is 0 Å². The molecule has 0 unspecified atom stereocenters. The topological polar surface area (TPSA) is 42.0 Å². The third kappa shape index (κ3) is 5.60. The van der Waals surface area contributed by atoms with Crippen molar-refractivity contribution >= 4 is 17.7 Å². The number of nitrogens with one attached hydrogen (secondary N) is 1. The highest BCUT2D eigenvalue weighted by Gasteiger charge is 2.04. The molecule has 4 heteroatoms. The molecule has 21 heavy (non-hydrogen) atoms. The van der Waals surface area contributed by atoms with Gasteiger partial charge < -0.3 is 5.32 Å². The Kier molecular flexibility index (Phi) is 5.81. The summed E-state index contributed by atoms with van der Waals surface area (Å²) < 4.78 is 0. The molecule has 110 valence electrons. The minimum atomic E-state index is 0.0380. The summed E-state index contributed by atoms with van der Waals surface area (Å²) in [6.07, 6.45) is 3.87. The first-order chi connectivity index (χ1) is 10.1. The maximum atomic E-state index is 11.9.